The number of hydrogen-bond acceptors (Lipinski definition) is 7. The van der Waals surface area contributed by atoms with Gasteiger partial charge in [0.1, 0.15) is 12.2 Å². The van der Waals surface area contributed by atoms with Gasteiger partial charge in [0.2, 0.25) is 11.0 Å². The smallest absolute Gasteiger partial charge is 0.243 e. The summed E-state index contributed by atoms with van der Waals surface area (Å²) in [6.07, 6.45) is 2.28. The summed E-state index contributed by atoms with van der Waals surface area (Å²) in [7, 11) is 3.49. The lowest BCUT2D eigenvalue weighted by Crippen LogP contribution is -2.42. The highest BCUT2D eigenvalue weighted by Gasteiger charge is 2.57. The van der Waals surface area contributed by atoms with Crippen molar-refractivity contribution in [1.29, 1.82) is 0 Å². The molecule has 0 saturated carbocycles. The summed E-state index contributed by atoms with van der Waals surface area (Å²) in [6, 6.07) is 0. The van der Waals surface area contributed by atoms with Crippen molar-refractivity contribution >= 4 is 28.6 Å². The number of ether oxygens (including phenoxy) is 1. The first kappa shape index (κ1) is 16.9. The standard InChI is InChI=1S/C14H15ClFN5O3/c1-4-14(16)9(23)7(5-22)24-12(14)21-6-17-8-10(20(2)3)18-13(15)19-11(8)21/h1,6-7,9,12,22-23H,5H2,2-3H3/t7-,9-,12-,14-/m1/s1. The van der Waals surface area contributed by atoms with Gasteiger partial charge in [0.15, 0.2) is 23.2 Å². The van der Waals surface area contributed by atoms with Crippen molar-refractivity contribution in [3.05, 3.63) is 11.6 Å². The van der Waals surface area contributed by atoms with E-state index in [4.69, 9.17) is 22.8 Å². The van der Waals surface area contributed by atoms with Gasteiger partial charge in [0, 0.05) is 14.1 Å². The van der Waals surface area contributed by atoms with Gasteiger partial charge in [-0.25, -0.2) is 9.37 Å². The maximum atomic E-state index is 15.1. The summed E-state index contributed by atoms with van der Waals surface area (Å²) in [6.45, 7) is -0.587. The molecule has 3 rings (SSSR count). The second kappa shape index (κ2) is 5.82. The van der Waals surface area contributed by atoms with Crippen molar-refractivity contribution in [3.63, 3.8) is 0 Å². The van der Waals surface area contributed by atoms with Crippen LogP contribution in [0, 0.1) is 12.3 Å². The van der Waals surface area contributed by atoms with Gasteiger partial charge in [-0.1, -0.05) is 5.92 Å². The first-order valence-electron chi connectivity index (χ1n) is 7.02. The highest BCUT2D eigenvalue weighted by molar-refractivity contribution is 6.28. The summed E-state index contributed by atoms with van der Waals surface area (Å²) in [5.74, 6) is 2.36. The van der Waals surface area contributed by atoms with E-state index in [9.17, 15) is 10.2 Å². The number of nitrogens with zero attached hydrogens (tertiary/aromatic N) is 5. The average Bonchev–Trinajstić information content (AvgIpc) is 3.07. The van der Waals surface area contributed by atoms with Crippen LogP contribution in [0.15, 0.2) is 6.33 Å². The van der Waals surface area contributed by atoms with Gasteiger partial charge in [-0.3, -0.25) is 4.57 Å². The lowest BCUT2D eigenvalue weighted by atomic mass is 9.97. The second-order valence-electron chi connectivity index (χ2n) is 5.60. The van der Waals surface area contributed by atoms with Gasteiger partial charge in [0.05, 0.1) is 12.9 Å². The molecule has 0 aliphatic carbocycles. The summed E-state index contributed by atoms with van der Waals surface area (Å²) < 4.78 is 21.8. The summed E-state index contributed by atoms with van der Waals surface area (Å²) in [5.41, 5.74) is -1.99. The normalized spacial score (nSPS) is 29.8. The van der Waals surface area contributed by atoms with E-state index in [1.54, 1.807) is 19.0 Å². The molecule has 2 N–H and O–H groups in total. The lowest BCUT2D eigenvalue weighted by Gasteiger charge is -2.23. The fourth-order valence-corrected chi connectivity index (χ4v) is 2.84. The van der Waals surface area contributed by atoms with Crippen LogP contribution in [-0.2, 0) is 4.74 Å². The van der Waals surface area contributed by atoms with E-state index in [2.05, 4.69) is 15.0 Å². The van der Waals surface area contributed by atoms with Crippen LogP contribution in [0.1, 0.15) is 6.23 Å². The number of aromatic nitrogens is 4. The van der Waals surface area contributed by atoms with Gasteiger partial charge >= 0.3 is 0 Å². The molecule has 1 aliphatic rings. The largest absolute Gasteiger partial charge is 0.394 e. The fourth-order valence-electron chi connectivity index (χ4n) is 2.68. The molecule has 3 heterocycles. The zero-order valence-electron chi connectivity index (χ0n) is 12.9. The SMILES string of the molecule is C#C[C@@]1(F)[C@H](O)[C@@H](CO)O[C@H]1n1cnc2c(N(C)C)nc(Cl)nc21. The van der Waals surface area contributed by atoms with Crippen LogP contribution in [0.4, 0.5) is 10.2 Å². The van der Waals surface area contributed by atoms with Gasteiger partial charge in [-0.15, -0.1) is 6.42 Å². The molecule has 4 atom stereocenters. The average molecular weight is 356 g/mol. The van der Waals surface area contributed by atoms with Crippen LogP contribution >= 0.6 is 11.6 Å². The number of alkyl halides is 1. The van der Waals surface area contributed by atoms with Crippen molar-refractivity contribution < 1.29 is 19.3 Å². The molecule has 1 aliphatic heterocycles. The first-order chi connectivity index (χ1) is 11.3. The predicted molar refractivity (Wildman–Crippen MR) is 84.3 cm³/mol. The maximum absolute atomic E-state index is 15.1. The zero-order valence-corrected chi connectivity index (χ0v) is 13.6. The predicted octanol–water partition coefficient (Wildman–Crippen LogP) is 0.138. The number of terminal acetylenes is 1. The number of anilines is 1. The Bertz CT molecular complexity index is 823. The zero-order chi connectivity index (χ0) is 17.6. The molecule has 2 aromatic rings. The fraction of sp³-hybridized carbons (Fsp3) is 0.500. The summed E-state index contributed by atoms with van der Waals surface area (Å²) >= 11 is 5.94. The number of halogens is 2. The molecule has 0 amide bonds. The van der Waals surface area contributed by atoms with Crippen LogP contribution in [0.5, 0.6) is 0 Å². The van der Waals surface area contributed by atoms with E-state index in [0.717, 1.165) is 0 Å². The minimum Gasteiger partial charge on any atom is -0.394 e. The quantitative estimate of drug-likeness (QED) is 0.597. The number of imidazole rings is 1. The summed E-state index contributed by atoms with van der Waals surface area (Å²) in [4.78, 5) is 14.0. The number of aliphatic hydroxyl groups is 2. The number of hydrogen-bond donors (Lipinski definition) is 2. The van der Waals surface area contributed by atoms with E-state index in [1.165, 1.54) is 10.9 Å². The Kier molecular flexibility index (Phi) is 4.09. The van der Waals surface area contributed by atoms with E-state index < -0.39 is 30.7 Å². The van der Waals surface area contributed by atoms with Crippen LogP contribution in [0.25, 0.3) is 11.2 Å². The molecular weight excluding hydrogens is 341 g/mol. The van der Waals surface area contributed by atoms with Crippen LogP contribution in [-0.4, -0.2) is 68.3 Å². The number of aliphatic hydroxyl groups excluding tert-OH is 2. The van der Waals surface area contributed by atoms with Crippen molar-refractivity contribution in [1.82, 2.24) is 19.5 Å². The monoisotopic (exact) mass is 355 g/mol. The first-order valence-corrected chi connectivity index (χ1v) is 7.39. The minimum absolute atomic E-state index is 0.0598. The Hall–Kier alpha value is -1.99. The van der Waals surface area contributed by atoms with Crippen molar-refractivity contribution in [2.45, 2.75) is 24.1 Å². The Morgan fingerprint density at radius 3 is 2.83 bits per heavy atom. The van der Waals surface area contributed by atoms with Gasteiger partial charge in [-0.05, 0) is 11.6 Å². The molecule has 8 nitrogen and oxygen atoms in total. The Balaban J connectivity index is 2.18. The van der Waals surface area contributed by atoms with Crippen LogP contribution in [0.3, 0.4) is 0 Å². The molecule has 128 valence electrons. The number of fused-ring (bicyclic) bond motifs is 1. The van der Waals surface area contributed by atoms with Crippen molar-refractivity contribution in [2.75, 3.05) is 25.6 Å². The molecule has 0 aromatic carbocycles. The molecule has 0 unspecified atom stereocenters. The van der Waals surface area contributed by atoms with E-state index in [1.807, 2.05) is 5.92 Å². The lowest BCUT2D eigenvalue weighted by molar-refractivity contribution is -0.0504. The Morgan fingerprint density at radius 2 is 2.25 bits per heavy atom. The van der Waals surface area contributed by atoms with Crippen molar-refractivity contribution in [3.8, 4) is 12.3 Å². The molecule has 1 fully saturated rings. The third-order valence-corrected chi connectivity index (χ3v) is 4.07. The third kappa shape index (κ3) is 2.31. The summed E-state index contributed by atoms with van der Waals surface area (Å²) in [5, 5.41) is 19.2. The van der Waals surface area contributed by atoms with Crippen LogP contribution in [0.2, 0.25) is 5.28 Å². The van der Waals surface area contributed by atoms with Gasteiger partial charge in [-0.2, -0.15) is 9.97 Å². The van der Waals surface area contributed by atoms with E-state index in [-0.39, 0.29) is 10.9 Å². The maximum Gasteiger partial charge on any atom is 0.243 e. The van der Waals surface area contributed by atoms with E-state index >= 15 is 4.39 Å². The molecule has 10 heteroatoms. The highest BCUT2D eigenvalue weighted by Crippen LogP contribution is 2.42. The molecular formula is C14H15ClFN5O3. The van der Waals surface area contributed by atoms with Gasteiger partial charge in [0.25, 0.3) is 0 Å². The minimum atomic E-state index is -2.56. The Labute approximate surface area is 141 Å². The molecule has 24 heavy (non-hydrogen) atoms. The molecule has 1 saturated heterocycles. The number of rotatable bonds is 3. The molecule has 0 spiro atoms. The third-order valence-electron chi connectivity index (χ3n) is 3.90. The second-order valence-corrected chi connectivity index (χ2v) is 5.94. The van der Waals surface area contributed by atoms with Crippen LogP contribution < -0.4 is 4.90 Å². The van der Waals surface area contributed by atoms with Crippen molar-refractivity contribution in [2.24, 2.45) is 0 Å². The Morgan fingerprint density at radius 1 is 1.54 bits per heavy atom. The van der Waals surface area contributed by atoms with Gasteiger partial charge < -0.3 is 19.8 Å². The molecule has 0 bridgehead atoms. The van der Waals surface area contributed by atoms with E-state index in [0.29, 0.717) is 11.3 Å². The topological polar surface area (TPSA) is 96.5 Å². The molecule has 2 aromatic heterocycles. The molecule has 0 radical (unpaired) electrons. The highest BCUT2D eigenvalue weighted by atomic mass is 35.5.